The van der Waals surface area contributed by atoms with Crippen LogP contribution in [0.1, 0.15) is 34.3 Å². The average molecular weight is 442 g/mol. The van der Waals surface area contributed by atoms with Crippen LogP contribution in [0.5, 0.6) is 0 Å². The van der Waals surface area contributed by atoms with E-state index in [-0.39, 0.29) is 24.9 Å². The largest absolute Gasteiger partial charge is 0.336 e. The van der Waals surface area contributed by atoms with Crippen molar-refractivity contribution in [1.29, 1.82) is 0 Å². The second-order valence-electron chi connectivity index (χ2n) is 8.14. The summed E-state index contributed by atoms with van der Waals surface area (Å²) in [7, 11) is -3.58. The van der Waals surface area contributed by atoms with Gasteiger partial charge in [-0.05, 0) is 67.8 Å². The third-order valence-corrected chi connectivity index (χ3v) is 8.04. The maximum atomic E-state index is 13.0. The van der Waals surface area contributed by atoms with Crippen molar-refractivity contribution in [2.24, 2.45) is 0 Å². The van der Waals surface area contributed by atoms with Gasteiger partial charge in [0.1, 0.15) is 0 Å². The van der Waals surface area contributed by atoms with Gasteiger partial charge in [0.2, 0.25) is 15.9 Å². The molecule has 2 heterocycles. The molecule has 0 bridgehead atoms. The van der Waals surface area contributed by atoms with Crippen LogP contribution in [-0.2, 0) is 14.8 Å². The third-order valence-electron chi connectivity index (χ3n) is 6.14. The van der Waals surface area contributed by atoms with Crippen molar-refractivity contribution in [3.63, 3.8) is 0 Å². The van der Waals surface area contributed by atoms with Crippen molar-refractivity contribution >= 4 is 27.5 Å². The van der Waals surface area contributed by atoms with Crippen molar-refractivity contribution < 1.29 is 18.0 Å². The molecule has 164 valence electrons. The van der Waals surface area contributed by atoms with E-state index in [1.165, 1.54) is 4.31 Å². The van der Waals surface area contributed by atoms with E-state index in [2.05, 4.69) is 0 Å². The zero-order chi connectivity index (χ0) is 22.2. The van der Waals surface area contributed by atoms with Gasteiger partial charge in [-0.2, -0.15) is 4.31 Å². The minimum Gasteiger partial charge on any atom is -0.336 e. The number of carbonyl (C=O) groups is 2. The highest BCUT2D eigenvalue weighted by molar-refractivity contribution is 7.89. The van der Waals surface area contributed by atoms with Crippen LogP contribution >= 0.6 is 0 Å². The number of piperazine rings is 1. The Morgan fingerprint density at radius 1 is 0.871 bits per heavy atom. The van der Waals surface area contributed by atoms with E-state index in [1.54, 1.807) is 46.2 Å². The zero-order valence-corrected chi connectivity index (χ0v) is 18.7. The minimum atomic E-state index is -3.58. The first-order chi connectivity index (χ1) is 14.8. The molecule has 8 heteroatoms. The Balaban J connectivity index is 1.40. The number of sulfonamides is 1. The van der Waals surface area contributed by atoms with Crippen molar-refractivity contribution in [3.05, 3.63) is 59.2 Å². The van der Waals surface area contributed by atoms with Gasteiger partial charge >= 0.3 is 0 Å². The molecule has 0 aliphatic carbocycles. The van der Waals surface area contributed by atoms with Crippen LogP contribution in [0.3, 0.4) is 0 Å². The fourth-order valence-corrected chi connectivity index (χ4v) is 5.55. The van der Waals surface area contributed by atoms with E-state index in [1.807, 2.05) is 19.9 Å². The Kier molecular flexibility index (Phi) is 5.85. The molecule has 7 nitrogen and oxygen atoms in total. The van der Waals surface area contributed by atoms with E-state index in [4.69, 9.17) is 0 Å². The fourth-order valence-electron chi connectivity index (χ4n) is 4.04. The van der Waals surface area contributed by atoms with Gasteiger partial charge in [0.25, 0.3) is 5.91 Å². The lowest BCUT2D eigenvalue weighted by Gasteiger charge is -2.34. The average Bonchev–Trinajstić information content (AvgIpc) is 3.21. The molecular weight excluding hydrogens is 414 g/mol. The molecule has 2 aromatic rings. The monoisotopic (exact) mass is 441 g/mol. The smallest absolute Gasteiger partial charge is 0.253 e. The number of rotatable bonds is 4. The summed E-state index contributed by atoms with van der Waals surface area (Å²) in [5.74, 6) is -0.0114. The van der Waals surface area contributed by atoms with Gasteiger partial charge in [0.05, 0.1) is 4.90 Å². The lowest BCUT2D eigenvalue weighted by molar-refractivity contribution is -0.117. The van der Waals surface area contributed by atoms with Gasteiger partial charge in [-0.25, -0.2) is 8.42 Å². The highest BCUT2D eigenvalue weighted by Gasteiger charge is 2.31. The highest BCUT2D eigenvalue weighted by atomic mass is 32.2. The molecular formula is C23H27N3O4S. The Bertz CT molecular complexity index is 1100. The molecule has 0 aromatic heterocycles. The zero-order valence-electron chi connectivity index (χ0n) is 17.9. The van der Waals surface area contributed by atoms with Crippen LogP contribution in [0, 0.1) is 13.8 Å². The van der Waals surface area contributed by atoms with Crippen LogP contribution in [0.25, 0.3) is 0 Å². The van der Waals surface area contributed by atoms with Crippen LogP contribution in [0.2, 0.25) is 0 Å². The first-order valence-corrected chi connectivity index (χ1v) is 12.0. The summed E-state index contributed by atoms with van der Waals surface area (Å²) < 4.78 is 27.4. The van der Waals surface area contributed by atoms with Crippen molar-refractivity contribution in [2.45, 2.75) is 31.6 Å². The Hall–Kier alpha value is -2.71. The molecule has 2 aromatic carbocycles. The summed E-state index contributed by atoms with van der Waals surface area (Å²) in [5, 5.41) is 0. The van der Waals surface area contributed by atoms with Crippen LogP contribution in [-0.4, -0.2) is 62.2 Å². The Labute approximate surface area is 183 Å². The Morgan fingerprint density at radius 2 is 1.55 bits per heavy atom. The molecule has 4 rings (SSSR count). The normalized spacial score (nSPS) is 17.9. The minimum absolute atomic E-state index is 0.111. The maximum Gasteiger partial charge on any atom is 0.253 e. The number of amides is 2. The summed E-state index contributed by atoms with van der Waals surface area (Å²) in [4.78, 5) is 28.5. The van der Waals surface area contributed by atoms with E-state index in [0.29, 0.717) is 36.5 Å². The van der Waals surface area contributed by atoms with Crippen LogP contribution in [0.4, 0.5) is 5.69 Å². The summed E-state index contributed by atoms with van der Waals surface area (Å²) in [6.45, 7) is 5.78. The molecule has 2 fully saturated rings. The third kappa shape index (κ3) is 4.22. The maximum absolute atomic E-state index is 13.0. The van der Waals surface area contributed by atoms with E-state index in [0.717, 1.165) is 23.2 Å². The van der Waals surface area contributed by atoms with Crippen LogP contribution in [0.15, 0.2) is 47.4 Å². The predicted octanol–water partition coefficient (Wildman–Crippen LogP) is 2.58. The number of aryl methyl sites for hydroxylation is 2. The molecule has 0 unspecified atom stereocenters. The van der Waals surface area contributed by atoms with Gasteiger partial charge in [-0.15, -0.1) is 0 Å². The molecule has 0 atom stereocenters. The van der Waals surface area contributed by atoms with Crippen molar-refractivity contribution in [1.82, 2.24) is 9.21 Å². The van der Waals surface area contributed by atoms with E-state index < -0.39 is 10.0 Å². The summed E-state index contributed by atoms with van der Waals surface area (Å²) in [6.07, 6.45) is 1.42. The predicted molar refractivity (Wildman–Crippen MR) is 119 cm³/mol. The second-order valence-corrected chi connectivity index (χ2v) is 10.1. The number of nitrogens with zero attached hydrogens (tertiary/aromatic N) is 3. The first-order valence-electron chi connectivity index (χ1n) is 10.5. The van der Waals surface area contributed by atoms with Gasteiger partial charge in [0.15, 0.2) is 0 Å². The summed E-state index contributed by atoms with van der Waals surface area (Å²) >= 11 is 0. The number of anilines is 1. The van der Waals surface area contributed by atoms with Gasteiger partial charge < -0.3 is 9.80 Å². The molecule has 0 N–H and O–H groups in total. The van der Waals surface area contributed by atoms with Gasteiger partial charge in [-0.1, -0.05) is 6.07 Å². The number of carbonyl (C=O) groups excluding carboxylic acids is 2. The summed E-state index contributed by atoms with van der Waals surface area (Å²) in [5.41, 5.74) is 3.34. The fraction of sp³-hybridized carbons (Fsp3) is 0.391. The van der Waals surface area contributed by atoms with Crippen molar-refractivity contribution in [3.8, 4) is 0 Å². The number of benzene rings is 2. The molecule has 2 saturated heterocycles. The topological polar surface area (TPSA) is 78.0 Å². The van der Waals surface area contributed by atoms with Gasteiger partial charge in [-0.3, -0.25) is 9.59 Å². The first kappa shape index (κ1) is 21.5. The standard InChI is InChI=1S/C23H27N3O4S/c1-17-5-10-21(16-18(17)2)31(29,30)25-14-12-24(13-15-25)23(28)19-6-8-20(9-7-19)26-11-3-4-22(26)27/h5-10,16H,3-4,11-15H2,1-2H3. The molecule has 0 spiro atoms. The lowest BCUT2D eigenvalue weighted by Crippen LogP contribution is -2.50. The lowest BCUT2D eigenvalue weighted by atomic mass is 10.1. The second kappa shape index (κ2) is 8.43. The van der Waals surface area contributed by atoms with E-state index >= 15 is 0 Å². The molecule has 0 radical (unpaired) electrons. The molecule has 2 amide bonds. The molecule has 2 aliphatic rings. The van der Waals surface area contributed by atoms with Crippen molar-refractivity contribution in [2.75, 3.05) is 37.6 Å². The SMILES string of the molecule is Cc1ccc(S(=O)(=O)N2CCN(C(=O)c3ccc(N4CCCC4=O)cc3)CC2)cc1C. The quantitative estimate of drug-likeness (QED) is 0.731. The highest BCUT2D eigenvalue weighted by Crippen LogP contribution is 2.23. The van der Waals surface area contributed by atoms with E-state index in [9.17, 15) is 18.0 Å². The molecule has 31 heavy (non-hydrogen) atoms. The van der Waals surface area contributed by atoms with Crippen LogP contribution < -0.4 is 4.90 Å². The number of hydrogen-bond acceptors (Lipinski definition) is 4. The van der Waals surface area contributed by atoms with Gasteiger partial charge in [0, 0.05) is 50.4 Å². The molecule has 2 aliphatic heterocycles. The summed E-state index contributed by atoms with van der Waals surface area (Å²) in [6, 6.07) is 12.2. The molecule has 0 saturated carbocycles. The number of hydrogen-bond donors (Lipinski definition) is 0. The Morgan fingerprint density at radius 3 is 2.13 bits per heavy atom.